The van der Waals surface area contributed by atoms with Crippen molar-refractivity contribution in [3.8, 4) is 11.1 Å². The molecule has 0 saturated heterocycles. The Morgan fingerprint density at radius 1 is 1.03 bits per heavy atom. The number of benzene rings is 1. The van der Waals surface area contributed by atoms with E-state index in [1.54, 1.807) is 0 Å². The molecular weight excluding hydrogens is 366 g/mol. The molecule has 0 amide bonds. The third-order valence-corrected chi connectivity index (χ3v) is 5.82. The van der Waals surface area contributed by atoms with E-state index in [0.717, 1.165) is 48.1 Å². The van der Waals surface area contributed by atoms with Crippen molar-refractivity contribution in [1.82, 2.24) is 4.98 Å². The van der Waals surface area contributed by atoms with Crippen molar-refractivity contribution in [1.29, 1.82) is 0 Å². The van der Waals surface area contributed by atoms with Gasteiger partial charge in [-0.05, 0) is 68.7 Å². The summed E-state index contributed by atoms with van der Waals surface area (Å²) < 4.78 is 0. The molecule has 0 N–H and O–H groups in total. The van der Waals surface area contributed by atoms with Crippen LogP contribution in [0.4, 0.5) is 0 Å². The zero-order valence-corrected chi connectivity index (χ0v) is 18.4. The van der Waals surface area contributed by atoms with Gasteiger partial charge in [-0.2, -0.15) is 0 Å². The Labute approximate surface area is 181 Å². The molecule has 2 heteroatoms. The largest absolute Gasteiger partial charge is 0.295 e. The lowest BCUT2D eigenvalue weighted by molar-refractivity contribution is -0.115. The van der Waals surface area contributed by atoms with Crippen LogP contribution >= 0.6 is 0 Å². The quantitative estimate of drug-likeness (QED) is 0.311. The van der Waals surface area contributed by atoms with Gasteiger partial charge < -0.3 is 0 Å². The Morgan fingerprint density at radius 3 is 2.57 bits per heavy atom. The van der Waals surface area contributed by atoms with Crippen molar-refractivity contribution in [3.05, 3.63) is 89.3 Å². The molecule has 30 heavy (non-hydrogen) atoms. The molecule has 1 aliphatic carbocycles. The van der Waals surface area contributed by atoms with E-state index in [9.17, 15) is 4.79 Å². The number of nitrogens with zero attached hydrogens (tertiary/aromatic N) is 1. The third kappa shape index (κ3) is 6.38. The molecule has 0 fully saturated rings. The van der Waals surface area contributed by atoms with Crippen LogP contribution in [0, 0.1) is 13.8 Å². The number of pyridine rings is 1. The van der Waals surface area contributed by atoms with Crippen molar-refractivity contribution >= 4 is 5.78 Å². The second-order valence-electron chi connectivity index (χ2n) is 8.36. The highest BCUT2D eigenvalue weighted by Gasteiger charge is 2.11. The van der Waals surface area contributed by atoms with E-state index in [0.29, 0.717) is 18.4 Å². The first-order chi connectivity index (χ1) is 14.5. The topological polar surface area (TPSA) is 30.0 Å². The summed E-state index contributed by atoms with van der Waals surface area (Å²) in [7, 11) is 0. The molecular formula is C28H33NO. The molecule has 3 rings (SSSR count). The van der Waals surface area contributed by atoms with Gasteiger partial charge in [-0.3, -0.25) is 9.78 Å². The fourth-order valence-corrected chi connectivity index (χ4v) is 3.81. The monoisotopic (exact) mass is 399 g/mol. The predicted octanol–water partition coefficient (Wildman–Crippen LogP) is 7.26. The summed E-state index contributed by atoms with van der Waals surface area (Å²) in [5.74, 6) is 0.187. The minimum absolute atomic E-state index is 0.187. The van der Waals surface area contributed by atoms with Gasteiger partial charge in [0.2, 0.25) is 0 Å². The van der Waals surface area contributed by atoms with Gasteiger partial charge >= 0.3 is 0 Å². The maximum absolute atomic E-state index is 12.6. The molecule has 0 spiro atoms. The van der Waals surface area contributed by atoms with Crippen molar-refractivity contribution in [3.63, 3.8) is 0 Å². The summed E-state index contributed by atoms with van der Waals surface area (Å²) in [6, 6.07) is 10.6. The van der Waals surface area contributed by atoms with Crippen molar-refractivity contribution in [2.75, 3.05) is 0 Å². The average Bonchev–Trinajstić information content (AvgIpc) is 2.76. The number of ketones is 1. The fraction of sp³-hybridized carbons (Fsp3) is 0.357. The van der Waals surface area contributed by atoms with Crippen LogP contribution in [0.3, 0.4) is 0 Å². The van der Waals surface area contributed by atoms with E-state index < -0.39 is 0 Å². The van der Waals surface area contributed by atoms with Gasteiger partial charge in [0.1, 0.15) is 0 Å². The number of aromatic nitrogens is 1. The van der Waals surface area contributed by atoms with Crippen LogP contribution in [0.2, 0.25) is 0 Å². The van der Waals surface area contributed by atoms with Gasteiger partial charge in [0.15, 0.2) is 5.78 Å². The molecule has 1 aromatic heterocycles. The Kier molecular flexibility index (Phi) is 7.96. The summed E-state index contributed by atoms with van der Waals surface area (Å²) in [6.07, 6.45) is 16.6. The van der Waals surface area contributed by atoms with Gasteiger partial charge in [-0.1, -0.05) is 66.6 Å². The van der Waals surface area contributed by atoms with E-state index in [-0.39, 0.29) is 5.78 Å². The SMILES string of the molecule is C=C(Cc1cc(-c2ccc(C)cc2)cnc1C)C(=O)CCCCCC1=CCCC=C1. The highest BCUT2D eigenvalue weighted by Crippen LogP contribution is 2.23. The fourth-order valence-electron chi connectivity index (χ4n) is 3.81. The number of rotatable bonds is 10. The van der Waals surface area contributed by atoms with Crippen LogP contribution in [0.5, 0.6) is 0 Å². The van der Waals surface area contributed by atoms with Gasteiger partial charge in [0.05, 0.1) is 0 Å². The Bertz CT molecular complexity index is 947. The number of unbranched alkanes of at least 4 members (excludes halogenated alkanes) is 2. The normalized spacial score (nSPS) is 13.2. The molecule has 2 nitrogen and oxygen atoms in total. The van der Waals surface area contributed by atoms with Gasteiger partial charge in [0, 0.05) is 30.3 Å². The number of carbonyl (C=O) groups excluding carboxylic acids is 1. The minimum Gasteiger partial charge on any atom is -0.295 e. The molecule has 1 aliphatic rings. The van der Waals surface area contributed by atoms with Crippen molar-refractivity contribution < 1.29 is 4.79 Å². The molecule has 156 valence electrons. The van der Waals surface area contributed by atoms with E-state index in [4.69, 9.17) is 0 Å². The first-order valence-corrected chi connectivity index (χ1v) is 11.1. The summed E-state index contributed by atoms with van der Waals surface area (Å²) in [5, 5.41) is 0. The average molecular weight is 400 g/mol. The van der Waals surface area contributed by atoms with Gasteiger partial charge in [-0.25, -0.2) is 0 Å². The molecule has 1 aromatic carbocycles. The second-order valence-corrected chi connectivity index (χ2v) is 8.36. The van der Waals surface area contributed by atoms with Crippen LogP contribution in [0.1, 0.15) is 61.8 Å². The smallest absolute Gasteiger partial charge is 0.158 e. The van der Waals surface area contributed by atoms with E-state index in [2.05, 4.69) is 67.0 Å². The van der Waals surface area contributed by atoms with Crippen LogP contribution < -0.4 is 0 Å². The van der Waals surface area contributed by atoms with Crippen molar-refractivity contribution in [2.45, 2.75) is 65.2 Å². The highest BCUT2D eigenvalue weighted by atomic mass is 16.1. The predicted molar refractivity (Wildman–Crippen MR) is 127 cm³/mol. The molecule has 2 aromatic rings. The lowest BCUT2D eigenvalue weighted by Crippen LogP contribution is -2.06. The highest BCUT2D eigenvalue weighted by molar-refractivity contribution is 5.95. The first kappa shape index (κ1) is 22.0. The molecule has 0 unspecified atom stereocenters. The first-order valence-electron chi connectivity index (χ1n) is 11.1. The standard InChI is InChI=1S/C28H33NO/c1-21-14-16-25(17-15-21)27-19-26(23(3)29-20-27)18-22(2)28(30)13-9-5-8-12-24-10-6-4-7-11-24/h6,10-11,14-17,19-20H,2,4-5,7-9,12-13,18H2,1,3H3. The lowest BCUT2D eigenvalue weighted by Gasteiger charge is -2.11. The number of allylic oxidation sites excluding steroid dienone is 5. The number of aryl methyl sites for hydroxylation is 2. The van der Waals surface area contributed by atoms with Crippen LogP contribution in [0.25, 0.3) is 11.1 Å². The van der Waals surface area contributed by atoms with Gasteiger partial charge in [-0.15, -0.1) is 0 Å². The number of Topliss-reactive ketones (excluding diaryl/α,β-unsaturated/α-hetero) is 1. The molecule has 0 saturated carbocycles. The maximum atomic E-state index is 12.6. The van der Waals surface area contributed by atoms with Crippen molar-refractivity contribution in [2.24, 2.45) is 0 Å². The molecule has 0 radical (unpaired) electrons. The Morgan fingerprint density at radius 2 is 1.83 bits per heavy atom. The maximum Gasteiger partial charge on any atom is 0.158 e. The van der Waals surface area contributed by atoms with E-state index >= 15 is 0 Å². The number of carbonyl (C=O) groups is 1. The number of hydrogen-bond donors (Lipinski definition) is 0. The van der Waals surface area contributed by atoms with Crippen LogP contribution in [0.15, 0.2) is 72.5 Å². The Balaban J connectivity index is 1.49. The van der Waals surface area contributed by atoms with Crippen LogP contribution in [-0.2, 0) is 11.2 Å². The molecule has 0 aliphatic heterocycles. The summed E-state index contributed by atoms with van der Waals surface area (Å²) >= 11 is 0. The summed E-state index contributed by atoms with van der Waals surface area (Å²) in [6.45, 7) is 8.17. The van der Waals surface area contributed by atoms with E-state index in [1.165, 1.54) is 24.0 Å². The minimum atomic E-state index is 0.187. The lowest BCUT2D eigenvalue weighted by atomic mass is 9.96. The third-order valence-electron chi connectivity index (χ3n) is 5.82. The summed E-state index contributed by atoms with van der Waals surface area (Å²) in [5.41, 5.74) is 7.67. The summed E-state index contributed by atoms with van der Waals surface area (Å²) in [4.78, 5) is 17.1. The Hall–Kier alpha value is -2.74. The van der Waals surface area contributed by atoms with Crippen LogP contribution in [-0.4, -0.2) is 10.8 Å². The second kappa shape index (κ2) is 10.9. The van der Waals surface area contributed by atoms with Gasteiger partial charge in [0.25, 0.3) is 0 Å². The molecule has 0 bridgehead atoms. The molecule has 1 heterocycles. The zero-order chi connectivity index (χ0) is 21.3. The zero-order valence-electron chi connectivity index (χ0n) is 18.4. The molecule has 0 atom stereocenters. The van der Waals surface area contributed by atoms with E-state index in [1.807, 2.05) is 13.1 Å². The number of hydrogen-bond acceptors (Lipinski definition) is 2.